The minimum atomic E-state index is -0.631. The Bertz CT molecular complexity index is 521. The molecule has 0 aromatic heterocycles. The van der Waals surface area contributed by atoms with Gasteiger partial charge in [-0.3, -0.25) is 9.59 Å². The van der Waals surface area contributed by atoms with Gasteiger partial charge in [-0.15, -0.1) is 0 Å². The minimum absolute atomic E-state index is 0.195. The predicted octanol–water partition coefficient (Wildman–Crippen LogP) is 3.63. The summed E-state index contributed by atoms with van der Waals surface area (Å²) < 4.78 is 5.74. The lowest BCUT2D eigenvalue weighted by Gasteiger charge is -2.37. The van der Waals surface area contributed by atoms with Crippen molar-refractivity contribution in [3.8, 4) is 0 Å². The van der Waals surface area contributed by atoms with Crippen molar-refractivity contribution < 1.29 is 14.3 Å². The molecule has 3 nitrogen and oxygen atoms in total. The van der Waals surface area contributed by atoms with Crippen LogP contribution in [0.2, 0.25) is 0 Å². The lowest BCUT2D eigenvalue weighted by atomic mass is 9.77. The molecule has 1 aromatic carbocycles. The zero-order valence-electron chi connectivity index (χ0n) is 13.0. The third-order valence-corrected chi connectivity index (χ3v) is 4.15. The molecule has 1 aliphatic carbocycles. The van der Waals surface area contributed by atoms with Crippen molar-refractivity contribution >= 4 is 11.8 Å². The van der Waals surface area contributed by atoms with Gasteiger partial charge in [0.25, 0.3) is 0 Å². The molecule has 2 rings (SSSR count). The van der Waals surface area contributed by atoms with Crippen molar-refractivity contribution in [1.29, 1.82) is 0 Å². The molecule has 114 valence electrons. The second kappa shape index (κ2) is 6.88. The van der Waals surface area contributed by atoms with E-state index < -0.39 is 5.60 Å². The molecule has 0 fully saturated rings. The van der Waals surface area contributed by atoms with Gasteiger partial charge in [0, 0.05) is 25.7 Å². The highest BCUT2D eigenvalue weighted by Gasteiger charge is 2.39. The normalized spacial score (nSPS) is 20.7. The van der Waals surface area contributed by atoms with Crippen molar-refractivity contribution in [1.82, 2.24) is 0 Å². The summed E-state index contributed by atoms with van der Waals surface area (Å²) in [6.45, 7) is 3.79. The van der Waals surface area contributed by atoms with E-state index >= 15 is 0 Å². The van der Waals surface area contributed by atoms with E-state index in [4.69, 9.17) is 4.74 Å². The van der Waals surface area contributed by atoms with E-state index in [-0.39, 0.29) is 11.8 Å². The first-order chi connectivity index (χ1) is 10.1. The van der Waals surface area contributed by atoms with Gasteiger partial charge in [-0.1, -0.05) is 38.1 Å². The smallest absolute Gasteiger partial charge is 0.306 e. The van der Waals surface area contributed by atoms with Crippen LogP contribution in [-0.2, 0) is 27.2 Å². The van der Waals surface area contributed by atoms with Gasteiger partial charge < -0.3 is 4.74 Å². The largest absolute Gasteiger partial charge is 0.458 e. The molecule has 0 saturated carbocycles. The van der Waals surface area contributed by atoms with Crippen LogP contribution < -0.4 is 0 Å². The topological polar surface area (TPSA) is 43.4 Å². The first-order valence-electron chi connectivity index (χ1n) is 7.89. The average molecular weight is 288 g/mol. The van der Waals surface area contributed by atoms with E-state index in [1.807, 2.05) is 19.1 Å². The van der Waals surface area contributed by atoms with E-state index in [1.165, 1.54) is 11.1 Å². The van der Waals surface area contributed by atoms with Gasteiger partial charge in [-0.05, 0) is 30.4 Å². The molecule has 21 heavy (non-hydrogen) atoms. The lowest BCUT2D eigenvalue weighted by molar-refractivity contribution is -0.162. The number of benzene rings is 1. The van der Waals surface area contributed by atoms with Crippen molar-refractivity contribution in [2.45, 2.75) is 64.4 Å². The number of Topliss-reactive ketones (excluding diaryl/α,β-unsaturated/α-hetero) is 1. The molecule has 0 spiro atoms. The van der Waals surface area contributed by atoms with Crippen LogP contribution in [0.5, 0.6) is 0 Å². The van der Waals surface area contributed by atoms with Gasteiger partial charge in [0.2, 0.25) is 0 Å². The summed E-state index contributed by atoms with van der Waals surface area (Å²) in [7, 11) is 0. The molecular weight excluding hydrogens is 264 g/mol. The maximum atomic E-state index is 12.1. The molecule has 0 bridgehead atoms. The third-order valence-electron chi connectivity index (χ3n) is 4.15. The van der Waals surface area contributed by atoms with E-state index in [1.54, 1.807) is 6.92 Å². The summed E-state index contributed by atoms with van der Waals surface area (Å²) in [4.78, 5) is 23.9. The van der Waals surface area contributed by atoms with Crippen LogP contribution in [0.4, 0.5) is 0 Å². The number of fused-ring (bicyclic) bond motifs is 1. The molecule has 0 aliphatic heterocycles. The van der Waals surface area contributed by atoms with Gasteiger partial charge in [0.15, 0.2) is 0 Å². The maximum Gasteiger partial charge on any atom is 0.306 e. The highest BCUT2D eigenvalue weighted by molar-refractivity contribution is 5.80. The van der Waals surface area contributed by atoms with Gasteiger partial charge in [-0.2, -0.15) is 0 Å². The van der Waals surface area contributed by atoms with E-state index in [0.29, 0.717) is 25.7 Å². The first-order valence-corrected chi connectivity index (χ1v) is 7.89. The van der Waals surface area contributed by atoms with Crippen LogP contribution in [0.1, 0.15) is 57.1 Å². The Labute approximate surface area is 126 Å². The molecule has 1 aliphatic rings. The minimum Gasteiger partial charge on any atom is -0.458 e. The molecule has 1 atom stereocenters. The molecule has 3 heteroatoms. The van der Waals surface area contributed by atoms with Crippen molar-refractivity contribution in [2.24, 2.45) is 0 Å². The van der Waals surface area contributed by atoms with Crippen LogP contribution in [0.15, 0.2) is 24.3 Å². The maximum absolute atomic E-state index is 12.1. The van der Waals surface area contributed by atoms with E-state index in [2.05, 4.69) is 12.1 Å². The number of hydrogen-bond acceptors (Lipinski definition) is 3. The zero-order chi connectivity index (χ0) is 15.3. The molecular formula is C18H24O3. The van der Waals surface area contributed by atoms with Gasteiger partial charge in [0.1, 0.15) is 11.4 Å². The number of hydrogen-bond donors (Lipinski definition) is 0. The van der Waals surface area contributed by atoms with Crippen LogP contribution >= 0.6 is 0 Å². The second-order valence-electron chi connectivity index (χ2n) is 5.92. The Morgan fingerprint density at radius 2 is 1.90 bits per heavy atom. The molecule has 0 radical (unpaired) electrons. The number of ketones is 1. The van der Waals surface area contributed by atoms with E-state index in [0.717, 1.165) is 19.3 Å². The second-order valence-corrected chi connectivity index (χ2v) is 5.92. The molecule has 0 heterocycles. The molecule has 1 unspecified atom stereocenters. The van der Waals surface area contributed by atoms with Crippen LogP contribution in [-0.4, -0.2) is 17.4 Å². The van der Waals surface area contributed by atoms with E-state index in [9.17, 15) is 9.59 Å². The number of esters is 1. The Hall–Kier alpha value is -1.64. The first kappa shape index (κ1) is 15.7. The summed E-state index contributed by atoms with van der Waals surface area (Å²) in [6.07, 6.45) is 4.37. The summed E-state index contributed by atoms with van der Waals surface area (Å²) >= 11 is 0. The summed E-state index contributed by atoms with van der Waals surface area (Å²) in [5, 5.41) is 0. The highest BCUT2D eigenvalue weighted by atomic mass is 16.6. The highest BCUT2D eigenvalue weighted by Crippen LogP contribution is 2.35. The Balaban J connectivity index is 2.21. The summed E-state index contributed by atoms with van der Waals surface area (Å²) in [6, 6.07) is 8.23. The number of carbonyl (C=O) groups is 2. The fraction of sp³-hybridized carbons (Fsp3) is 0.556. The number of rotatable bonds is 6. The standard InChI is InChI=1S/C18H24O3/c1-3-7-16(19)13-18(21-17(20)4-2)11-10-14-8-5-6-9-15(14)12-18/h5-6,8-9H,3-4,7,10-13H2,1-2H3. The Morgan fingerprint density at radius 3 is 2.57 bits per heavy atom. The molecule has 0 amide bonds. The van der Waals surface area contributed by atoms with Crippen molar-refractivity contribution in [2.75, 3.05) is 0 Å². The van der Waals surface area contributed by atoms with Crippen LogP contribution in [0.25, 0.3) is 0 Å². The summed E-state index contributed by atoms with van der Waals surface area (Å²) in [5.74, 6) is -0.0144. The Morgan fingerprint density at radius 1 is 1.19 bits per heavy atom. The fourth-order valence-electron chi connectivity index (χ4n) is 3.09. The van der Waals surface area contributed by atoms with Crippen molar-refractivity contribution in [3.63, 3.8) is 0 Å². The average Bonchev–Trinajstić information content (AvgIpc) is 2.47. The van der Waals surface area contributed by atoms with Crippen LogP contribution in [0, 0.1) is 0 Å². The molecule has 0 saturated heterocycles. The number of ether oxygens (including phenoxy) is 1. The quantitative estimate of drug-likeness (QED) is 0.751. The van der Waals surface area contributed by atoms with Gasteiger partial charge >= 0.3 is 5.97 Å². The van der Waals surface area contributed by atoms with Crippen molar-refractivity contribution in [3.05, 3.63) is 35.4 Å². The monoisotopic (exact) mass is 288 g/mol. The Kier molecular flexibility index (Phi) is 5.16. The number of aryl methyl sites for hydroxylation is 1. The third kappa shape index (κ3) is 3.93. The molecule has 0 N–H and O–H groups in total. The number of carbonyl (C=O) groups excluding carboxylic acids is 2. The zero-order valence-corrected chi connectivity index (χ0v) is 13.0. The van der Waals surface area contributed by atoms with Gasteiger partial charge in [0.05, 0.1) is 0 Å². The van der Waals surface area contributed by atoms with Crippen LogP contribution in [0.3, 0.4) is 0 Å². The van der Waals surface area contributed by atoms with Gasteiger partial charge in [-0.25, -0.2) is 0 Å². The fourth-order valence-corrected chi connectivity index (χ4v) is 3.09. The molecule has 1 aromatic rings. The SMILES string of the molecule is CCCC(=O)CC1(OC(=O)CC)CCc2ccccc2C1. The predicted molar refractivity (Wildman–Crippen MR) is 82.1 cm³/mol. The lowest BCUT2D eigenvalue weighted by Crippen LogP contribution is -2.42. The summed E-state index contributed by atoms with van der Waals surface area (Å²) in [5.41, 5.74) is 1.88.